The molecule has 0 atom stereocenters. The second kappa shape index (κ2) is 2.89. The molecule has 0 unspecified atom stereocenters. The first-order valence-electron chi connectivity index (χ1n) is 4.74. The molecule has 0 aliphatic heterocycles. The fourth-order valence-electron chi connectivity index (χ4n) is 1.89. The maximum atomic E-state index is 4.20. The lowest BCUT2D eigenvalue weighted by Crippen LogP contribution is -2.07. The van der Waals surface area contributed by atoms with Gasteiger partial charge in [-0.15, -0.1) is 21.5 Å². The average Bonchev–Trinajstić information content (AvgIpc) is 2.88. The number of rotatable bonds is 2. The lowest BCUT2D eigenvalue weighted by molar-refractivity contribution is 0.807. The van der Waals surface area contributed by atoms with Gasteiger partial charge < -0.3 is 0 Å². The fraction of sp³-hybridized carbons (Fsp3) is 0.273. The van der Waals surface area contributed by atoms with Gasteiger partial charge in [0.25, 0.3) is 0 Å². The van der Waals surface area contributed by atoms with Crippen molar-refractivity contribution in [2.45, 2.75) is 18.3 Å². The Kier molecular flexibility index (Phi) is 1.67. The van der Waals surface area contributed by atoms with E-state index in [0.717, 1.165) is 0 Å². The van der Waals surface area contributed by atoms with E-state index in [1.54, 1.807) is 11.3 Å². The van der Waals surface area contributed by atoms with E-state index in [0.29, 0.717) is 0 Å². The predicted octanol–water partition coefficient (Wildman–Crippen LogP) is 2.62. The highest BCUT2D eigenvalue weighted by atomic mass is 32.1. The van der Waals surface area contributed by atoms with E-state index >= 15 is 0 Å². The quantitative estimate of drug-likeness (QED) is 0.748. The van der Waals surface area contributed by atoms with Crippen LogP contribution in [0.15, 0.2) is 35.8 Å². The monoisotopic (exact) mass is 202 g/mol. The van der Waals surface area contributed by atoms with Crippen molar-refractivity contribution in [2.24, 2.45) is 0 Å². The molecule has 1 saturated carbocycles. The van der Waals surface area contributed by atoms with Gasteiger partial charge in [0.2, 0.25) is 0 Å². The second-order valence-electron chi connectivity index (χ2n) is 3.69. The smallest absolute Gasteiger partial charge is 0.127 e. The molecule has 0 radical (unpaired) electrons. The summed E-state index contributed by atoms with van der Waals surface area (Å²) in [6.07, 6.45) is 2.43. The van der Waals surface area contributed by atoms with Crippen LogP contribution in [0.4, 0.5) is 0 Å². The molecule has 0 bridgehead atoms. The van der Waals surface area contributed by atoms with Crippen LogP contribution in [0.25, 0.3) is 0 Å². The molecule has 1 aromatic heterocycles. The minimum Gasteiger partial charge on any atom is -0.147 e. The highest BCUT2D eigenvalue weighted by Gasteiger charge is 2.48. The molecule has 3 heteroatoms. The molecule has 2 aromatic rings. The normalized spacial score (nSPS) is 18.0. The molecule has 3 rings (SSSR count). The molecule has 0 amide bonds. The van der Waals surface area contributed by atoms with Gasteiger partial charge in [0.15, 0.2) is 0 Å². The van der Waals surface area contributed by atoms with Crippen molar-refractivity contribution >= 4 is 11.3 Å². The van der Waals surface area contributed by atoms with Crippen LogP contribution in [0.2, 0.25) is 0 Å². The number of nitrogens with zero attached hydrogens (tertiary/aromatic N) is 2. The van der Waals surface area contributed by atoms with Crippen LogP contribution in [-0.2, 0) is 5.41 Å². The van der Waals surface area contributed by atoms with Crippen molar-refractivity contribution in [3.8, 4) is 0 Å². The zero-order valence-electron chi connectivity index (χ0n) is 7.68. The topological polar surface area (TPSA) is 25.8 Å². The van der Waals surface area contributed by atoms with E-state index in [4.69, 9.17) is 0 Å². The summed E-state index contributed by atoms with van der Waals surface area (Å²) < 4.78 is 0. The first kappa shape index (κ1) is 8.12. The highest BCUT2D eigenvalue weighted by molar-refractivity contribution is 7.09. The van der Waals surface area contributed by atoms with Crippen molar-refractivity contribution in [3.63, 3.8) is 0 Å². The summed E-state index contributed by atoms with van der Waals surface area (Å²) in [5.41, 5.74) is 3.41. The summed E-state index contributed by atoms with van der Waals surface area (Å²) in [6.45, 7) is 0. The molecule has 70 valence electrons. The van der Waals surface area contributed by atoms with Gasteiger partial charge in [0.1, 0.15) is 10.5 Å². The SMILES string of the molecule is c1ccc(C2(c3nncs3)CC2)cc1. The Hall–Kier alpha value is -1.22. The summed E-state index contributed by atoms with van der Waals surface area (Å²) in [6, 6.07) is 10.6. The third-order valence-corrected chi connectivity index (χ3v) is 3.74. The number of hydrogen-bond donors (Lipinski definition) is 0. The third-order valence-electron chi connectivity index (χ3n) is 2.85. The Labute approximate surface area is 86.6 Å². The van der Waals surface area contributed by atoms with Crippen LogP contribution < -0.4 is 0 Å². The molecule has 0 saturated heterocycles. The van der Waals surface area contributed by atoms with Crippen LogP contribution in [0.5, 0.6) is 0 Å². The van der Waals surface area contributed by atoms with Crippen molar-refractivity contribution in [1.82, 2.24) is 10.2 Å². The maximum Gasteiger partial charge on any atom is 0.127 e. The van der Waals surface area contributed by atoms with Crippen molar-refractivity contribution in [3.05, 3.63) is 46.4 Å². The number of aromatic nitrogens is 2. The molecular formula is C11H10N2S. The molecule has 0 spiro atoms. The zero-order valence-corrected chi connectivity index (χ0v) is 8.50. The summed E-state index contributed by atoms with van der Waals surface area (Å²) in [4.78, 5) is 0. The van der Waals surface area contributed by atoms with E-state index in [2.05, 4.69) is 40.5 Å². The first-order valence-corrected chi connectivity index (χ1v) is 5.62. The Morgan fingerprint density at radius 1 is 1.14 bits per heavy atom. The van der Waals surface area contributed by atoms with Gasteiger partial charge in [-0.3, -0.25) is 0 Å². The fourth-order valence-corrected chi connectivity index (χ4v) is 2.73. The Bertz CT molecular complexity index is 418. The minimum absolute atomic E-state index is 0.211. The first-order chi connectivity index (χ1) is 6.92. The molecule has 1 aliphatic rings. The molecule has 1 heterocycles. The average molecular weight is 202 g/mol. The molecular weight excluding hydrogens is 192 g/mol. The summed E-state index contributed by atoms with van der Waals surface area (Å²) >= 11 is 1.66. The molecule has 0 N–H and O–H groups in total. The Balaban J connectivity index is 2.07. The van der Waals surface area contributed by atoms with Gasteiger partial charge >= 0.3 is 0 Å². The van der Waals surface area contributed by atoms with Crippen LogP contribution in [0.1, 0.15) is 23.4 Å². The van der Waals surface area contributed by atoms with Gasteiger partial charge in [-0.1, -0.05) is 30.3 Å². The lowest BCUT2D eigenvalue weighted by atomic mass is 9.97. The molecule has 1 aromatic carbocycles. The van der Waals surface area contributed by atoms with E-state index in [9.17, 15) is 0 Å². The molecule has 2 nitrogen and oxygen atoms in total. The molecule has 1 aliphatic carbocycles. The summed E-state index contributed by atoms with van der Waals surface area (Å²) in [5, 5.41) is 9.29. The van der Waals surface area contributed by atoms with Crippen molar-refractivity contribution < 1.29 is 0 Å². The van der Waals surface area contributed by atoms with Crippen LogP contribution >= 0.6 is 11.3 Å². The van der Waals surface area contributed by atoms with Gasteiger partial charge in [0, 0.05) is 5.41 Å². The van der Waals surface area contributed by atoms with E-state index in [1.165, 1.54) is 23.4 Å². The van der Waals surface area contributed by atoms with Crippen molar-refractivity contribution in [1.29, 1.82) is 0 Å². The van der Waals surface area contributed by atoms with Gasteiger partial charge in [-0.2, -0.15) is 0 Å². The lowest BCUT2D eigenvalue weighted by Gasteiger charge is -2.10. The summed E-state index contributed by atoms with van der Waals surface area (Å²) in [5.74, 6) is 0. The summed E-state index contributed by atoms with van der Waals surface area (Å²) in [7, 11) is 0. The van der Waals surface area contributed by atoms with E-state index < -0.39 is 0 Å². The Morgan fingerprint density at radius 2 is 1.93 bits per heavy atom. The number of hydrogen-bond acceptors (Lipinski definition) is 3. The van der Waals surface area contributed by atoms with Gasteiger partial charge in [-0.25, -0.2) is 0 Å². The maximum absolute atomic E-state index is 4.20. The molecule has 14 heavy (non-hydrogen) atoms. The predicted molar refractivity (Wildman–Crippen MR) is 56.4 cm³/mol. The van der Waals surface area contributed by atoms with Crippen molar-refractivity contribution in [2.75, 3.05) is 0 Å². The van der Waals surface area contributed by atoms with E-state index in [-0.39, 0.29) is 5.41 Å². The third kappa shape index (κ3) is 1.09. The largest absolute Gasteiger partial charge is 0.147 e. The minimum atomic E-state index is 0.211. The molecule has 1 fully saturated rings. The van der Waals surface area contributed by atoms with Crippen LogP contribution in [0.3, 0.4) is 0 Å². The highest BCUT2D eigenvalue weighted by Crippen LogP contribution is 2.53. The Morgan fingerprint density at radius 3 is 2.50 bits per heavy atom. The van der Waals surface area contributed by atoms with E-state index in [1.807, 2.05) is 5.51 Å². The van der Waals surface area contributed by atoms with Crippen LogP contribution in [-0.4, -0.2) is 10.2 Å². The number of benzene rings is 1. The zero-order chi connectivity index (χ0) is 9.43. The van der Waals surface area contributed by atoms with Crippen LogP contribution in [0, 0.1) is 0 Å². The standard InChI is InChI=1S/C11H10N2S/c1-2-4-9(5-3-1)11(6-7-11)10-13-12-8-14-10/h1-5,8H,6-7H2. The van der Waals surface area contributed by atoms with Gasteiger partial charge in [0.05, 0.1) is 0 Å². The van der Waals surface area contributed by atoms with Gasteiger partial charge in [-0.05, 0) is 18.4 Å². The second-order valence-corrected chi connectivity index (χ2v) is 4.53.